The van der Waals surface area contributed by atoms with Crippen molar-refractivity contribution in [2.45, 2.75) is 0 Å². The molecule has 1 aromatic rings. The topological polar surface area (TPSA) is 99.1 Å². The van der Waals surface area contributed by atoms with Crippen LogP contribution >= 0.6 is 0 Å². The third-order valence-electron chi connectivity index (χ3n) is 1.43. The minimum atomic E-state index is -0.658. The number of aldehydes is 1. The molecule has 0 fully saturated rings. The van der Waals surface area contributed by atoms with E-state index in [1.807, 2.05) is 0 Å². The molecule has 2 N–H and O–H groups in total. The van der Waals surface area contributed by atoms with E-state index in [0.29, 0.717) is 6.29 Å². The molecular formula is C8H5N3O3. The van der Waals surface area contributed by atoms with Gasteiger partial charge in [0, 0.05) is 6.20 Å². The van der Waals surface area contributed by atoms with Gasteiger partial charge in [0.25, 0.3) is 0 Å². The van der Waals surface area contributed by atoms with Gasteiger partial charge in [0.2, 0.25) is 0 Å². The van der Waals surface area contributed by atoms with Crippen molar-refractivity contribution in [1.29, 1.82) is 0 Å². The van der Waals surface area contributed by atoms with Crippen molar-refractivity contribution in [3.63, 3.8) is 0 Å². The first-order chi connectivity index (χ1) is 6.66. The lowest BCUT2D eigenvalue weighted by atomic mass is 10.2. The van der Waals surface area contributed by atoms with Crippen molar-refractivity contribution in [2.75, 3.05) is 5.73 Å². The van der Waals surface area contributed by atoms with Crippen LogP contribution in [0.1, 0.15) is 5.56 Å². The van der Waals surface area contributed by atoms with Crippen LogP contribution in [0.4, 0.5) is 11.4 Å². The summed E-state index contributed by atoms with van der Waals surface area (Å²) in [7, 11) is 0. The number of nitro groups is 1. The molecule has 0 aliphatic heterocycles. The van der Waals surface area contributed by atoms with Gasteiger partial charge in [-0.1, -0.05) is 5.92 Å². The lowest BCUT2D eigenvalue weighted by molar-refractivity contribution is -0.384. The van der Waals surface area contributed by atoms with Crippen LogP contribution in [0.3, 0.4) is 0 Å². The first-order valence-corrected chi connectivity index (χ1v) is 3.50. The van der Waals surface area contributed by atoms with E-state index >= 15 is 0 Å². The van der Waals surface area contributed by atoms with Crippen LogP contribution < -0.4 is 5.73 Å². The third-order valence-corrected chi connectivity index (χ3v) is 1.43. The summed E-state index contributed by atoms with van der Waals surface area (Å²) in [5, 5.41) is 10.4. The Morgan fingerprint density at radius 1 is 1.57 bits per heavy atom. The molecule has 0 saturated carbocycles. The number of rotatable bonds is 1. The lowest BCUT2D eigenvalue weighted by Crippen LogP contribution is -1.99. The fraction of sp³-hybridized carbons (Fsp3) is 0. The summed E-state index contributed by atoms with van der Waals surface area (Å²) in [6, 6.07) is 0. The van der Waals surface area contributed by atoms with E-state index in [1.54, 1.807) is 0 Å². The number of hydrogen-bond acceptors (Lipinski definition) is 5. The summed E-state index contributed by atoms with van der Waals surface area (Å²) < 4.78 is 0. The van der Waals surface area contributed by atoms with Gasteiger partial charge in [-0.3, -0.25) is 19.9 Å². The molecule has 6 nitrogen and oxygen atoms in total. The zero-order chi connectivity index (χ0) is 10.6. The van der Waals surface area contributed by atoms with Crippen molar-refractivity contribution >= 4 is 17.7 Å². The number of pyridine rings is 1. The smallest absolute Gasteiger partial charge is 0.311 e. The largest absolute Gasteiger partial charge is 0.392 e. The van der Waals surface area contributed by atoms with Crippen LogP contribution in [0.15, 0.2) is 12.4 Å². The van der Waals surface area contributed by atoms with E-state index in [-0.39, 0.29) is 16.9 Å². The first kappa shape index (κ1) is 9.67. The minimum Gasteiger partial charge on any atom is -0.392 e. The quantitative estimate of drug-likeness (QED) is 0.294. The Morgan fingerprint density at radius 2 is 2.29 bits per heavy atom. The van der Waals surface area contributed by atoms with E-state index in [1.165, 1.54) is 6.20 Å². The molecule has 0 aliphatic carbocycles. The van der Waals surface area contributed by atoms with Crippen LogP contribution in [0.5, 0.6) is 0 Å². The zero-order valence-electron chi connectivity index (χ0n) is 6.93. The Balaban J connectivity index is 3.27. The Hall–Kier alpha value is -2.42. The molecule has 0 spiro atoms. The summed E-state index contributed by atoms with van der Waals surface area (Å²) in [6.07, 6.45) is 2.67. The second-order valence-corrected chi connectivity index (χ2v) is 2.26. The van der Waals surface area contributed by atoms with Crippen LogP contribution in [0.2, 0.25) is 0 Å². The van der Waals surface area contributed by atoms with Crippen molar-refractivity contribution in [3.05, 3.63) is 28.1 Å². The SMILES string of the molecule is Nc1c(C#CC=O)cncc1[N+](=O)[O-]. The minimum absolute atomic E-state index is 0.0839. The summed E-state index contributed by atoms with van der Waals surface area (Å²) in [4.78, 5) is 23.3. The molecule has 0 atom stereocenters. The average Bonchev–Trinajstić information content (AvgIpc) is 2.16. The number of aromatic nitrogens is 1. The van der Waals surface area contributed by atoms with Crippen molar-refractivity contribution in [1.82, 2.24) is 4.98 Å². The molecular weight excluding hydrogens is 186 g/mol. The molecule has 0 amide bonds. The van der Waals surface area contributed by atoms with Gasteiger partial charge < -0.3 is 5.73 Å². The average molecular weight is 191 g/mol. The summed E-state index contributed by atoms with van der Waals surface area (Å²) >= 11 is 0. The molecule has 0 aliphatic rings. The molecule has 0 bridgehead atoms. The molecule has 1 rings (SSSR count). The van der Waals surface area contributed by atoms with Gasteiger partial charge in [-0.05, 0) is 5.92 Å². The standard InChI is InChI=1S/C8H5N3O3/c9-8-6(2-1-3-12)4-10-5-7(8)11(13)14/h3-5H,(H2,9,10). The normalized spacial score (nSPS) is 8.57. The maximum absolute atomic E-state index is 10.4. The predicted molar refractivity (Wildman–Crippen MR) is 48.2 cm³/mol. The van der Waals surface area contributed by atoms with Gasteiger partial charge >= 0.3 is 5.69 Å². The number of anilines is 1. The predicted octanol–water partition coefficient (Wildman–Crippen LogP) is 0.122. The van der Waals surface area contributed by atoms with Crippen LogP contribution in [0, 0.1) is 22.0 Å². The highest BCUT2D eigenvalue weighted by molar-refractivity contribution is 5.76. The van der Waals surface area contributed by atoms with Gasteiger partial charge in [-0.15, -0.1) is 0 Å². The highest BCUT2D eigenvalue weighted by Gasteiger charge is 2.13. The molecule has 0 unspecified atom stereocenters. The highest BCUT2D eigenvalue weighted by atomic mass is 16.6. The molecule has 1 aromatic heterocycles. The Bertz CT molecular complexity index is 445. The van der Waals surface area contributed by atoms with Gasteiger partial charge in [0.15, 0.2) is 6.29 Å². The van der Waals surface area contributed by atoms with E-state index in [2.05, 4.69) is 16.8 Å². The summed E-state index contributed by atoms with van der Waals surface area (Å²) in [6.45, 7) is 0. The highest BCUT2D eigenvalue weighted by Crippen LogP contribution is 2.22. The maximum atomic E-state index is 10.4. The summed E-state index contributed by atoms with van der Waals surface area (Å²) in [5.41, 5.74) is 5.20. The van der Waals surface area contributed by atoms with Crippen LogP contribution in [-0.4, -0.2) is 16.2 Å². The van der Waals surface area contributed by atoms with E-state index in [9.17, 15) is 14.9 Å². The summed E-state index contributed by atoms with van der Waals surface area (Å²) in [5.74, 6) is 4.45. The van der Waals surface area contributed by atoms with Gasteiger partial charge in [-0.2, -0.15) is 0 Å². The zero-order valence-corrected chi connectivity index (χ0v) is 6.93. The molecule has 0 saturated heterocycles. The van der Waals surface area contributed by atoms with Gasteiger partial charge in [0.1, 0.15) is 11.9 Å². The van der Waals surface area contributed by atoms with E-state index in [0.717, 1.165) is 6.20 Å². The maximum Gasteiger partial charge on any atom is 0.311 e. The Morgan fingerprint density at radius 3 is 2.86 bits per heavy atom. The fourth-order valence-electron chi connectivity index (χ4n) is 0.812. The van der Waals surface area contributed by atoms with E-state index in [4.69, 9.17) is 5.73 Å². The molecule has 6 heteroatoms. The Labute approximate surface area is 78.9 Å². The van der Waals surface area contributed by atoms with Crippen molar-refractivity contribution in [2.24, 2.45) is 0 Å². The number of nitrogen functional groups attached to an aromatic ring is 1. The van der Waals surface area contributed by atoms with Crippen molar-refractivity contribution < 1.29 is 9.72 Å². The molecule has 0 radical (unpaired) electrons. The molecule has 1 heterocycles. The second-order valence-electron chi connectivity index (χ2n) is 2.26. The molecule has 70 valence electrons. The Kier molecular flexibility index (Phi) is 2.76. The van der Waals surface area contributed by atoms with Gasteiger partial charge in [0.05, 0.1) is 10.5 Å². The van der Waals surface area contributed by atoms with E-state index < -0.39 is 4.92 Å². The number of hydrogen-bond donors (Lipinski definition) is 1. The number of nitrogens with two attached hydrogens (primary N) is 1. The van der Waals surface area contributed by atoms with Crippen molar-refractivity contribution in [3.8, 4) is 11.8 Å². The fourth-order valence-corrected chi connectivity index (χ4v) is 0.812. The second kappa shape index (κ2) is 4.00. The van der Waals surface area contributed by atoms with Crippen LogP contribution in [0.25, 0.3) is 0 Å². The molecule has 14 heavy (non-hydrogen) atoms. The first-order valence-electron chi connectivity index (χ1n) is 3.50. The number of carbonyl (C=O) groups is 1. The lowest BCUT2D eigenvalue weighted by Gasteiger charge is -1.97. The number of nitrogens with zero attached hydrogens (tertiary/aromatic N) is 2. The monoisotopic (exact) mass is 191 g/mol. The van der Waals surface area contributed by atoms with Gasteiger partial charge in [-0.25, -0.2) is 0 Å². The van der Waals surface area contributed by atoms with Crippen LogP contribution in [-0.2, 0) is 4.79 Å². The molecule has 0 aromatic carbocycles. The number of carbonyl (C=O) groups excluding carboxylic acids is 1. The third kappa shape index (κ3) is 1.84.